The Kier molecular flexibility index (Phi) is 11.2. The third-order valence-corrected chi connectivity index (χ3v) is 8.61. The van der Waals surface area contributed by atoms with Gasteiger partial charge in [-0.3, -0.25) is 9.59 Å². The lowest BCUT2D eigenvalue weighted by Crippen LogP contribution is -2.49. The summed E-state index contributed by atoms with van der Waals surface area (Å²) >= 11 is 2.36. The molecule has 0 spiro atoms. The van der Waals surface area contributed by atoms with Crippen LogP contribution in [0.2, 0.25) is 0 Å². The minimum Gasteiger partial charge on any atom is -0.396 e. The van der Waals surface area contributed by atoms with Crippen LogP contribution in [0.15, 0.2) is 66.7 Å². The van der Waals surface area contributed by atoms with Crippen LogP contribution in [0.5, 0.6) is 0 Å². The Hall–Kier alpha value is -2.49. The van der Waals surface area contributed by atoms with Gasteiger partial charge in [0.1, 0.15) is 0 Å². The van der Waals surface area contributed by atoms with Crippen molar-refractivity contribution in [2.24, 2.45) is 0 Å². The third kappa shape index (κ3) is 8.02. The van der Waals surface area contributed by atoms with Gasteiger partial charge >= 0.3 is 0 Å². The second-order valence-electron chi connectivity index (χ2n) is 10.5. The molecular weight excluding hydrogens is 601 g/mol. The van der Waals surface area contributed by atoms with E-state index in [-0.39, 0.29) is 36.4 Å². The minimum absolute atomic E-state index is 0.00880. The van der Waals surface area contributed by atoms with Crippen LogP contribution in [0.4, 0.5) is 0 Å². The van der Waals surface area contributed by atoms with Crippen LogP contribution in [-0.2, 0) is 9.22 Å². The number of carbonyl (C=O) groups excluding carboxylic acids is 2. The minimum atomic E-state index is -0.318. The first kappa shape index (κ1) is 29.5. The summed E-state index contributed by atoms with van der Waals surface area (Å²) in [5, 5.41) is 18.1. The van der Waals surface area contributed by atoms with Crippen molar-refractivity contribution in [3.8, 4) is 0 Å². The number of alkyl halides is 1. The fourth-order valence-electron chi connectivity index (χ4n) is 5.39. The summed E-state index contributed by atoms with van der Waals surface area (Å²) in [6, 6.07) is 22.3. The Labute approximate surface area is 245 Å². The molecule has 0 radical (unpaired) electrons. The first-order chi connectivity index (χ1) is 19.0. The highest BCUT2D eigenvalue weighted by Gasteiger charge is 2.32. The Morgan fingerprint density at radius 1 is 1.10 bits per heavy atom. The monoisotopic (exact) mass is 641 g/mol. The Bertz CT molecular complexity index is 1240. The molecule has 1 heterocycles. The number of benzene rings is 3. The normalized spacial score (nSPS) is 18.6. The Balaban J connectivity index is 1.42. The maximum Gasteiger partial charge on any atom is 0.251 e. The van der Waals surface area contributed by atoms with E-state index >= 15 is 0 Å². The molecule has 2 amide bonds. The lowest BCUT2D eigenvalue weighted by molar-refractivity contribution is -0.133. The predicted octanol–water partition coefficient (Wildman–Crippen LogP) is 5.42. The molecule has 0 unspecified atom stereocenters. The SMILES string of the molecule is CC[C@H](CN1CC[C@@H](CNC(=O)c2ccc3cc(CI)ccc3c2)N[C@@H](CCCCO)C1=O)c1ccccc1. The maximum atomic E-state index is 13.6. The van der Waals surface area contributed by atoms with E-state index in [2.05, 4.69) is 82.6 Å². The maximum absolute atomic E-state index is 13.6. The number of hydrogen-bond donors (Lipinski definition) is 3. The van der Waals surface area contributed by atoms with Crippen molar-refractivity contribution in [2.75, 3.05) is 26.2 Å². The molecule has 0 bridgehead atoms. The highest BCUT2D eigenvalue weighted by molar-refractivity contribution is 14.1. The first-order valence-electron chi connectivity index (χ1n) is 14.1. The average Bonchev–Trinajstić information content (AvgIpc) is 3.12. The molecule has 1 saturated heterocycles. The summed E-state index contributed by atoms with van der Waals surface area (Å²) in [6.45, 7) is 4.10. The fraction of sp³-hybridized carbons (Fsp3) is 0.438. The second-order valence-corrected chi connectivity index (χ2v) is 11.2. The molecule has 0 aromatic heterocycles. The van der Waals surface area contributed by atoms with Gasteiger partial charge in [-0.25, -0.2) is 0 Å². The molecule has 1 aliphatic rings. The van der Waals surface area contributed by atoms with Crippen LogP contribution < -0.4 is 10.6 Å². The standard InChI is InChI=1S/C32H40IN3O3/c1-2-24(25-8-4-3-5-9-25)22-36-16-15-29(35-30(32(36)39)10-6-7-17-37)21-34-31(38)28-14-13-26-18-23(20-33)11-12-27(26)19-28/h3-5,8-9,11-14,18-19,24,29-30,35,37H,2,6-7,10,15-17,20-22H2,1H3,(H,34,38)/t24-,29+,30+/m1/s1. The summed E-state index contributed by atoms with van der Waals surface area (Å²) in [5.41, 5.74) is 3.17. The van der Waals surface area contributed by atoms with Crippen molar-refractivity contribution in [2.45, 2.75) is 61.5 Å². The molecule has 208 valence electrons. The molecule has 3 aromatic rings. The van der Waals surface area contributed by atoms with E-state index in [0.29, 0.717) is 38.0 Å². The predicted molar refractivity (Wildman–Crippen MR) is 166 cm³/mol. The van der Waals surface area contributed by atoms with Crippen molar-refractivity contribution in [1.29, 1.82) is 0 Å². The molecule has 7 heteroatoms. The zero-order chi connectivity index (χ0) is 27.6. The summed E-state index contributed by atoms with van der Waals surface area (Å²) in [5.74, 6) is 0.304. The number of nitrogens with zero attached hydrogens (tertiary/aromatic N) is 1. The largest absolute Gasteiger partial charge is 0.396 e. The van der Waals surface area contributed by atoms with Gasteiger partial charge in [0, 0.05) is 48.2 Å². The molecule has 6 nitrogen and oxygen atoms in total. The van der Waals surface area contributed by atoms with Gasteiger partial charge in [-0.15, -0.1) is 0 Å². The lowest BCUT2D eigenvalue weighted by Gasteiger charge is -2.28. The molecule has 3 N–H and O–H groups in total. The second kappa shape index (κ2) is 14.8. The number of aliphatic hydroxyl groups is 1. The number of aliphatic hydroxyl groups excluding tert-OH is 1. The van der Waals surface area contributed by atoms with Crippen LogP contribution in [0, 0.1) is 0 Å². The van der Waals surface area contributed by atoms with E-state index in [1.165, 1.54) is 11.1 Å². The number of hydrogen-bond acceptors (Lipinski definition) is 4. The highest BCUT2D eigenvalue weighted by atomic mass is 127. The van der Waals surface area contributed by atoms with E-state index in [1.807, 2.05) is 29.2 Å². The molecule has 1 fully saturated rings. The summed E-state index contributed by atoms with van der Waals surface area (Å²) in [4.78, 5) is 28.7. The smallest absolute Gasteiger partial charge is 0.251 e. The quantitative estimate of drug-likeness (QED) is 0.140. The summed E-state index contributed by atoms with van der Waals surface area (Å²) in [7, 11) is 0. The van der Waals surface area contributed by atoms with Gasteiger partial charge in [-0.05, 0) is 66.1 Å². The molecule has 3 atom stereocenters. The van der Waals surface area contributed by atoms with E-state index in [9.17, 15) is 14.7 Å². The van der Waals surface area contributed by atoms with Gasteiger partial charge in [0.15, 0.2) is 0 Å². The topological polar surface area (TPSA) is 81.7 Å². The van der Waals surface area contributed by atoms with Crippen LogP contribution >= 0.6 is 22.6 Å². The van der Waals surface area contributed by atoms with E-state index < -0.39 is 0 Å². The van der Waals surface area contributed by atoms with E-state index in [4.69, 9.17) is 0 Å². The van der Waals surface area contributed by atoms with Gasteiger partial charge in [-0.2, -0.15) is 0 Å². The van der Waals surface area contributed by atoms with Gasteiger partial charge in [0.25, 0.3) is 5.91 Å². The molecular formula is C32H40IN3O3. The van der Waals surface area contributed by atoms with Gasteiger partial charge in [0.05, 0.1) is 6.04 Å². The van der Waals surface area contributed by atoms with Crippen LogP contribution in [0.25, 0.3) is 10.8 Å². The molecule has 3 aromatic carbocycles. The number of carbonyl (C=O) groups is 2. The summed E-state index contributed by atoms with van der Waals surface area (Å²) in [6.07, 6.45) is 3.85. The van der Waals surface area contributed by atoms with Crippen molar-refractivity contribution in [1.82, 2.24) is 15.5 Å². The molecule has 0 aliphatic carbocycles. The van der Waals surface area contributed by atoms with Crippen molar-refractivity contribution >= 4 is 45.2 Å². The first-order valence-corrected chi connectivity index (χ1v) is 15.6. The Morgan fingerprint density at radius 2 is 1.87 bits per heavy atom. The number of nitrogens with one attached hydrogen (secondary N) is 2. The lowest BCUT2D eigenvalue weighted by atomic mass is 9.95. The number of rotatable bonds is 12. The number of fused-ring (bicyclic) bond motifs is 1. The molecule has 4 rings (SSSR count). The van der Waals surface area contributed by atoms with Gasteiger partial charge in [0.2, 0.25) is 5.91 Å². The van der Waals surface area contributed by atoms with Crippen molar-refractivity contribution < 1.29 is 14.7 Å². The van der Waals surface area contributed by atoms with Crippen LogP contribution in [0.3, 0.4) is 0 Å². The highest BCUT2D eigenvalue weighted by Crippen LogP contribution is 2.23. The van der Waals surface area contributed by atoms with Crippen molar-refractivity contribution in [3.63, 3.8) is 0 Å². The third-order valence-electron chi connectivity index (χ3n) is 7.73. The van der Waals surface area contributed by atoms with E-state index in [1.54, 1.807) is 0 Å². The fourth-order valence-corrected chi connectivity index (χ4v) is 5.86. The molecule has 0 saturated carbocycles. The zero-order valence-corrected chi connectivity index (χ0v) is 24.9. The van der Waals surface area contributed by atoms with Crippen LogP contribution in [0.1, 0.15) is 66.4 Å². The van der Waals surface area contributed by atoms with Crippen molar-refractivity contribution in [3.05, 3.63) is 83.4 Å². The number of unbranched alkanes of at least 4 members (excludes halogenated alkanes) is 1. The van der Waals surface area contributed by atoms with Crippen LogP contribution in [-0.4, -0.2) is 60.1 Å². The van der Waals surface area contributed by atoms with Gasteiger partial charge < -0.3 is 20.6 Å². The van der Waals surface area contributed by atoms with Gasteiger partial charge in [-0.1, -0.05) is 84.1 Å². The zero-order valence-electron chi connectivity index (χ0n) is 22.7. The average molecular weight is 642 g/mol. The summed E-state index contributed by atoms with van der Waals surface area (Å²) < 4.78 is 0.955. The molecule has 39 heavy (non-hydrogen) atoms. The van der Waals surface area contributed by atoms with E-state index in [0.717, 1.165) is 34.5 Å². The number of amides is 2. The molecule has 1 aliphatic heterocycles. The number of halogens is 1. The Morgan fingerprint density at radius 3 is 2.62 bits per heavy atom.